The number of hydrogen-bond acceptors (Lipinski definition) is 3. The molecule has 6 heteroatoms. The van der Waals surface area contributed by atoms with Crippen molar-refractivity contribution in [3.63, 3.8) is 0 Å². The highest BCUT2D eigenvalue weighted by atomic mass is 16.2. The molecule has 0 atom stereocenters. The quantitative estimate of drug-likeness (QED) is 0.858. The summed E-state index contributed by atoms with van der Waals surface area (Å²) in [7, 11) is 1.67. The van der Waals surface area contributed by atoms with Gasteiger partial charge in [0.25, 0.3) is 5.91 Å². The van der Waals surface area contributed by atoms with Gasteiger partial charge in [0.1, 0.15) is 12.1 Å². The van der Waals surface area contributed by atoms with Crippen LogP contribution in [0.1, 0.15) is 30.5 Å². The Morgan fingerprint density at radius 1 is 1.26 bits per heavy atom. The number of carbonyl (C=O) groups is 3. The van der Waals surface area contributed by atoms with Crippen molar-refractivity contribution >= 4 is 17.8 Å². The van der Waals surface area contributed by atoms with E-state index in [1.54, 1.807) is 20.9 Å². The zero-order valence-corrected chi connectivity index (χ0v) is 14.3. The number of urea groups is 1. The monoisotopic (exact) mass is 317 g/mol. The standard InChI is InChI=1S/C17H23N3O3/c1-11-6-7-13(12(2)8-11)9-19(5)14(21)10-20-15(22)17(3,4)18-16(20)23/h6-8H,9-10H2,1-5H3,(H,18,23). The number of carbonyl (C=O) groups excluding carboxylic acids is 3. The molecule has 1 N–H and O–H groups in total. The van der Waals surface area contributed by atoms with Gasteiger partial charge in [-0.2, -0.15) is 0 Å². The Balaban J connectivity index is 2.03. The first-order valence-corrected chi connectivity index (χ1v) is 7.56. The third kappa shape index (κ3) is 3.52. The highest BCUT2D eigenvalue weighted by Gasteiger charge is 2.45. The van der Waals surface area contributed by atoms with Crippen LogP contribution in [0.4, 0.5) is 4.79 Å². The molecule has 23 heavy (non-hydrogen) atoms. The molecule has 2 rings (SSSR count). The van der Waals surface area contributed by atoms with Gasteiger partial charge in [0.2, 0.25) is 5.91 Å². The third-order valence-electron chi connectivity index (χ3n) is 4.07. The van der Waals surface area contributed by atoms with Crippen LogP contribution in [0.3, 0.4) is 0 Å². The number of hydrogen-bond donors (Lipinski definition) is 1. The molecule has 6 nitrogen and oxygen atoms in total. The number of imide groups is 1. The first-order chi connectivity index (χ1) is 10.6. The van der Waals surface area contributed by atoms with Crippen molar-refractivity contribution in [2.45, 2.75) is 39.8 Å². The van der Waals surface area contributed by atoms with Gasteiger partial charge in [-0.05, 0) is 38.8 Å². The van der Waals surface area contributed by atoms with Gasteiger partial charge in [-0.15, -0.1) is 0 Å². The zero-order valence-electron chi connectivity index (χ0n) is 14.3. The van der Waals surface area contributed by atoms with E-state index in [0.717, 1.165) is 16.0 Å². The van der Waals surface area contributed by atoms with Gasteiger partial charge in [-0.25, -0.2) is 4.79 Å². The molecular weight excluding hydrogens is 294 g/mol. The van der Waals surface area contributed by atoms with E-state index in [9.17, 15) is 14.4 Å². The Labute approximate surface area is 136 Å². The molecule has 1 fully saturated rings. The Morgan fingerprint density at radius 3 is 2.43 bits per heavy atom. The Morgan fingerprint density at radius 2 is 1.91 bits per heavy atom. The van der Waals surface area contributed by atoms with Crippen LogP contribution in [0.15, 0.2) is 18.2 Å². The van der Waals surface area contributed by atoms with Gasteiger partial charge in [0.15, 0.2) is 0 Å². The van der Waals surface area contributed by atoms with E-state index in [1.165, 1.54) is 10.5 Å². The summed E-state index contributed by atoms with van der Waals surface area (Å²) in [4.78, 5) is 38.8. The Bertz CT molecular complexity index is 667. The lowest BCUT2D eigenvalue weighted by atomic mass is 10.1. The molecule has 4 amide bonds. The summed E-state index contributed by atoms with van der Waals surface area (Å²) in [6.45, 7) is 7.47. The van der Waals surface area contributed by atoms with E-state index in [-0.39, 0.29) is 18.4 Å². The summed E-state index contributed by atoms with van der Waals surface area (Å²) in [5.74, 6) is -0.651. The molecule has 0 saturated carbocycles. The lowest BCUT2D eigenvalue weighted by molar-refractivity contribution is -0.138. The fraction of sp³-hybridized carbons (Fsp3) is 0.471. The maximum absolute atomic E-state index is 12.3. The molecule has 0 aliphatic carbocycles. The van der Waals surface area contributed by atoms with Crippen molar-refractivity contribution < 1.29 is 14.4 Å². The van der Waals surface area contributed by atoms with Crippen molar-refractivity contribution in [1.82, 2.24) is 15.1 Å². The molecule has 124 valence electrons. The summed E-state index contributed by atoms with van der Waals surface area (Å²) >= 11 is 0. The fourth-order valence-electron chi connectivity index (χ4n) is 2.58. The van der Waals surface area contributed by atoms with Crippen LogP contribution in [-0.4, -0.2) is 46.8 Å². The lowest BCUT2D eigenvalue weighted by Gasteiger charge is -2.22. The van der Waals surface area contributed by atoms with Gasteiger partial charge in [-0.3, -0.25) is 14.5 Å². The van der Waals surface area contributed by atoms with E-state index in [4.69, 9.17) is 0 Å². The summed E-state index contributed by atoms with van der Waals surface area (Å²) in [6, 6.07) is 5.53. The third-order valence-corrected chi connectivity index (χ3v) is 4.07. The largest absolute Gasteiger partial charge is 0.340 e. The first kappa shape index (κ1) is 17.0. The van der Waals surface area contributed by atoms with Gasteiger partial charge in [-0.1, -0.05) is 23.8 Å². The summed E-state index contributed by atoms with van der Waals surface area (Å²) < 4.78 is 0. The number of likely N-dealkylation sites (N-methyl/N-ethyl adjacent to an activating group) is 1. The minimum Gasteiger partial charge on any atom is -0.340 e. The average Bonchev–Trinajstić information content (AvgIpc) is 2.63. The predicted octanol–water partition coefficient (Wildman–Crippen LogP) is 1.59. The topological polar surface area (TPSA) is 69.7 Å². The Hall–Kier alpha value is -2.37. The van der Waals surface area contributed by atoms with Crippen LogP contribution >= 0.6 is 0 Å². The first-order valence-electron chi connectivity index (χ1n) is 7.56. The molecular formula is C17H23N3O3. The lowest BCUT2D eigenvalue weighted by Crippen LogP contribution is -2.43. The number of aryl methyl sites for hydroxylation is 2. The molecule has 0 aromatic heterocycles. The number of benzene rings is 1. The van der Waals surface area contributed by atoms with Gasteiger partial charge >= 0.3 is 6.03 Å². The van der Waals surface area contributed by atoms with Gasteiger partial charge in [0.05, 0.1) is 0 Å². The predicted molar refractivity (Wildman–Crippen MR) is 86.7 cm³/mol. The number of nitrogens with zero attached hydrogens (tertiary/aromatic N) is 2. The van der Waals surface area contributed by atoms with E-state index < -0.39 is 11.6 Å². The van der Waals surface area contributed by atoms with Crippen LogP contribution in [0.25, 0.3) is 0 Å². The molecule has 0 unspecified atom stereocenters. The number of nitrogens with one attached hydrogen (secondary N) is 1. The van der Waals surface area contributed by atoms with Crippen LogP contribution in [0.2, 0.25) is 0 Å². The molecule has 1 aliphatic rings. The number of amides is 4. The van der Waals surface area contributed by atoms with Crippen molar-refractivity contribution in [3.05, 3.63) is 34.9 Å². The van der Waals surface area contributed by atoms with Crippen LogP contribution in [0.5, 0.6) is 0 Å². The SMILES string of the molecule is Cc1ccc(CN(C)C(=O)CN2C(=O)NC(C)(C)C2=O)c(C)c1. The summed E-state index contributed by atoms with van der Waals surface area (Å²) in [5, 5.41) is 2.57. The maximum Gasteiger partial charge on any atom is 0.325 e. The molecule has 1 aromatic rings. The second-order valence-corrected chi connectivity index (χ2v) is 6.63. The molecule has 0 bridgehead atoms. The smallest absolute Gasteiger partial charge is 0.325 e. The summed E-state index contributed by atoms with van der Waals surface area (Å²) in [5.41, 5.74) is 2.37. The van der Waals surface area contributed by atoms with Crippen LogP contribution in [0, 0.1) is 13.8 Å². The normalized spacial score (nSPS) is 16.5. The maximum atomic E-state index is 12.3. The van der Waals surface area contributed by atoms with Crippen LogP contribution < -0.4 is 5.32 Å². The molecule has 1 saturated heterocycles. The van der Waals surface area contributed by atoms with Crippen molar-refractivity contribution in [2.75, 3.05) is 13.6 Å². The minimum absolute atomic E-state index is 0.241. The number of rotatable bonds is 4. The molecule has 0 spiro atoms. The minimum atomic E-state index is -0.955. The van der Waals surface area contributed by atoms with Crippen molar-refractivity contribution in [2.24, 2.45) is 0 Å². The van der Waals surface area contributed by atoms with Crippen LogP contribution in [-0.2, 0) is 16.1 Å². The van der Waals surface area contributed by atoms with Crippen molar-refractivity contribution in [3.8, 4) is 0 Å². The highest BCUT2D eigenvalue weighted by molar-refractivity contribution is 6.08. The second kappa shape index (κ2) is 6.02. The molecule has 1 heterocycles. The fourth-order valence-corrected chi connectivity index (χ4v) is 2.58. The van der Waals surface area contributed by atoms with Gasteiger partial charge in [0, 0.05) is 13.6 Å². The molecule has 0 radical (unpaired) electrons. The molecule has 1 aromatic carbocycles. The average molecular weight is 317 g/mol. The van der Waals surface area contributed by atoms with E-state index >= 15 is 0 Å². The second-order valence-electron chi connectivity index (χ2n) is 6.63. The van der Waals surface area contributed by atoms with Crippen molar-refractivity contribution in [1.29, 1.82) is 0 Å². The van der Waals surface area contributed by atoms with E-state index in [0.29, 0.717) is 6.54 Å². The Kier molecular flexibility index (Phi) is 4.45. The zero-order chi connectivity index (χ0) is 17.4. The van der Waals surface area contributed by atoms with Gasteiger partial charge < -0.3 is 10.2 Å². The highest BCUT2D eigenvalue weighted by Crippen LogP contribution is 2.17. The summed E-state index contributed by atoms with van der Waals surface area (Å²) in [6.07, 6.45) is 0. The van der Waals surface area contributed by atoms with E-state index in [2.05, 4.69) is 11.4 Å². The molecule has 1 aliphatic heterocycles. The van der Waals surface area contributed by atoms with E-state index in [1.807, 2.05) is 26.0 Å².